The van der Waals surface area contributed by atoms with E-state index in [0.29, 0.717) is 29.9 Å². The van der Waals surface area contributed by atoms with Crippen LogP contribution in [0.5, 0.6) is 5.75 Å². The zero-order chi connectivity index (χ0) is 21.5. The number of anilines is 2. The molecule has 0 bridgehead atoms. The molecule has 0 aliphatic carbocycles. The second kappa shape index (κ2) is 10.5. The van der Waals surface area contributed by atoms with E-state index in [1.165, 1.54) is 11.3 Å². The van der Waals surface area contributed by atoms with Crippen LogP contribution >= 0.6 is 11.3 Å². The van der Waals surface area contributed by atoms with Crippen molar-refractivity contribution in [1.82, 2.24) is 14.9 Å². The Hall–Kier alpha value is -2.52. The Morgan fingerprint density at radius 2 is 2.17 bits per heavy atom. The number of likely N-dealkylation sites (tertiary alicyclic amines) is 1. The SMILES string of the molecule is CCCOc1cccnc1NC(=O)C1CCCN(CC(=O)Nc2nc(C)c(C)s2)C1. The number of piperidine rings is 1. The summed E-state index contributed by atoms with van der Waals surface area (Å²) in [7, 11) is 0. The summed E-state index contributed by atoms with van der Waals surface area (Å²) in [6, 6.07) is 3.59. The van der Waals surface area contributed by atoms with Crippen LogP contribution in [-0.2, 0) is 9.59 Å². The van der Waals surface area contributed by atoms with E-state index in [2.05, 4.69) is 20.6 Å². The number of aromatic nitrogens is 2. The fourth-order valence-corrected chi connectivity index (χ4v) is 4.16. The third-order valence-electron chi connectivity index (χ3n) is 4.99. The number of nitrogens with zero attached hydrogens (tertiary/aromatic N) is 3. The predicted molar refractivity (Wildman–Crippen MR) is 118 cm³/mol. The number of hydrogen-bond donors (Lipinski definition) is 2. The number of pyridine rings is 1. The standard InChI is InChI=1S/C21H29N5O3S/c1-4-11-29-17-8-5-9-22-19(17)25-20(28)16-7-6-10-26(12-16)13-18(27)24-21-23-14(2)15(3)30-21/h5,8-9,16H,4,6-7,10-13H2,1-3H3,(H,22,25,28)(H,23,24,27). The fourth-order valence-electron chi connectivity index (χ4n) is 3.33. The Labute approximate surface area is 181 Å². The largest absolute Gasteiger partial charge is 0.490 e. The first-order valence-electron chi connectivity index (χ1n) is 10.3. The minimum atomic E-state index is -0.197. The molecule has 1 unspecified atom stereocenters. The highest BCUT2D eigenvalue weighted by Gasteiger charge is 2.28. The molecule has 2 aromatic heterocycles. The van der Waals surface area contributed by atoms with Crippen molar-refractivity contribution in [2.45, 2.75) is 40.0 Å². The molecular weight excluding hydrogens is 402 g/mol. The number of carbonyl (C=O) groups is 2. The molecule has 9 heteroatoms. The van der Waals surface area contributed by atoms with Crippen LogP contribution in [0.1, 0.15) is 36.8 Å². The van der Waals surface area contributed by atoms with Gasteiger partial charge in [-0.25, -0.2) is 9.97 Å². The summed E-state index contributed by atoms with van der Waals surface area (Å²) in [5.41, 5.74) is 0.932. The van der Waals surface area contributed by atoms with Crippen molar-refractivity contribution in [2.75, 3.05) is 36.9 Å². The number of amides is 2. The van der Waals surface area contributed by atoms with E-state index in [-0.39, 0.29) is 24.3 Å². The summed E-state index contributed by atoms with van der Waals surface area (Å²) >= 11 is 1.47. The Morgan fingerprint density at radius 3 is 2.90 bits per heavy atom. The number of nitrogens with one attached hydrogen (secondary N) is 2. The second-order valence-electron chi connectivity index (χ2n) is 7.47. The molecule has 1 atom stereocenters. The second-order valence-corrected chi connectivity index (χ2v) is 8.67. The van der Waals surface area contributed by atoms with Crippen molar-refractivity contribution >= 4 is 34.1 Å². The maximum absolute atomic E-state index is 12.8. The van der Waals surface area contributed by atoms with Crippen LogP contribution < -0.4 is 15.4 Å². The Bertz CT molecular complexity index is 866. The van der Waals surface area contributed by atoms with Gasteiger partial charge >= 0.3 is 0 Å². The summed E-state index contributed by atoms with van der Waals surface area (Å²) < 4.78 is 5.67. The average Bonchev–Trinajstić information content (AvgIpc) is 3.04. The normalized spacial score (nSPS) is 16.8. The van der Waals surface area contributed by atoms with Crippen molar-refractivity contribution in [3.8, 4) is 5.75 Å². The quantitative estimate of drug-likeness (QED) is 0.666. The monoisotopic (exact) mass is 431 g/mol. The molecule has 2 N–H and O–H groups in total. The van der Waals surface area contributed by atoms with Gasteiger partial charge in [-0.3, -0.25) is 14.5 Å². The van der Waals surface area contributed by atoms with E-state index in [9.17, 15) is 9.59 Å². The molecule has 2 amide bonds. The van der Waals surface area contributed by atoms with Gasteiger partial charge in [0.2, 0.25) is 11.8 Å². The van der Waals surface area contributed by atoms with Crippen LogP contribution in [0.15, 0.2) is 18.3 Å². The summed E-state index contributed by atoms with van der Waals surface area (Å²) in [5.74, 6) is 0.627. The first kappa shape index (κ1) is 22.2. The maximum atomic E-state index is 12.8. The van der Waals surface area contributed by atoms with Gasteiger partial charge in [-0.15, -0.1) is 11.3 Å². The molecule has 3 rings (SSSR count). The number of aryl methyl sites for hydroxylation is 2. The smallest absolute Gasteiger partial charge is 0.240 e. The van der Waals surface area contributed by atoms with E-state index in [0.717, 1.165) is 36.4 Å². The highest BCUT2D eigenvalue weighted by molar-refractivity contribution is 7.15. The molecular formula is C21H29N5O3S. The molecule has 0 spiro atoms. The zero-order valence-corrected chi connectivity index (χ0v) is 18.6. The van der Waals surface area contributed by atoms with E-state index < -0.39 is 0 Å². The van der Waals surface area contributed by atoms with Crippen LogP contribution in [0.25, 0.3) is 0 Å². The molecule has 1 aliphatic rings. The Morgan fingerprint density at radius 1 is 1.33 bits per heavy atom. The minimum Gasteiger partial charge on any atom is -0.490 e. The average molecular weight is 432 g/mol. The number of ether oxygens (including phenoxy) is 1. The van der Waals surface area contributed by atoms with Crippen LogP contribution in [-0.4, -0.2) is 52.9 Å². The molecule has 1 aliphatic heterocycles. The molecule has 0 aromatic carbocycles. The van der Waals surface area contributed by atoms with Crippen LogP contribution in [0.4, 0.5) is 10.9 Å². The van der Waals surface area contributed by atoms with E-state index in [4.69, 9.17) is 4.74 Å². The number of carbonyl (C=O) groups excluding carboxylic acids is 2. The first-order valence-corrected chi connectivity index (χ1v) is 11.1. The Balaban J connectivity index is 1.54. The van der Waals surface area contributed by atoms with Gasteiger partial charge in [0.05, 0.1) is 24.8 Å². The number of hydrogen-bond acceptors (Lipinski definition) is 7. The van der Waals surface area contributed by atoms with Crippen molar-refractivity contribution in [2.24, 2.45) is 5.92 Å². The summed E-state index contributed by atoms with van der Waals surface area (Å²) in [6.07, 6.45) is 4.16. The molecule has 0 radical (unpaired) electrons. The van der Waals surface area contributed by atoms with Gasteiger partial charge < -0.3 is 15.4 Å². The van der Waals surface area contributed by atoms with Gasteiger partial charge in [0.25, 0.3) is 0 Å². The molecule has 162 valence electrons. The molecule has 1 fully saturated rings. The summed E-state index contributed by atoms with van der Waals surface area (Å²) in [5, 5.41) is 6.38. The lowest BCUT2D eigenvalue weighted by Crippen LogP contribution is -2.44. The summed E-state index contributed by atoms with van der Waals surface area (Å²) in [4.78, 5) is 36.9. The molecule has 0 saturated carbocycles. The van der Waals surface area contributed by atoms with Crippen molar-refractivity contribution in [1.29, 1.82) is 0 Å². The first-order chi connectivity index (χ1) is 14.5. The lowest BCUT2D eigenvalue weighted by atomic mass is 9.97. The molecule has 3 heterocycles. The van der Waals surface area contributed by atoms with E-state index in [1.807, 2.05) is 25.7 Å². The van der Waals surface area contributed by atoms with Crippen LogP contribution in [0.3, 0.4) is 0 Å². The van der Waals surface area contributed by atoms with Gasteiger partial charge in [-0.1, -0.05) is 6.92 Å². The third kappa shape index (κ3) is 5.99. The maximum Gasteiger partial charge on any atom is 0.240 e. The van der Waals surface area contributed by atoms with Crippen molar-refractivity contribution < 1.29 is 14.3 Å². The van der Waals surface area contributed by atoms with Gasteiger partial charge in [0, 0.05) is 17.6 Å². The van der Waals surface area contributed by atoms with Gasteiger partial charge in [0.1, 0.15) is 0 Å². The van der Waals surface area contributed by atoms with E-state index >= 15 is 0 Å². The third-order valence-corrected chi connectivity index (χ3v) is 5.98. The Kier molecular flexibility index (Phi) is 7.75. The van der Waals surface area contributed by atoms with Crippen molar-refractivity contribution in [3.63, 3.8) is 0 Å². The lowest BCUT2D eigenvalue weighted by Gasteiger charge is -2.31. The molecule has 8 nitrogen and oxygen atoms in total. The van der Waals surface area contributed by atoms with Gasteiger partial charge in [-0.2, -0.15) is 0 Å². The lowest BCUT2D eigenvalue weighted by molar-refractivity contribution is -0.123. The minimum absolute atomic E-state index is 0.0914. The number of thiazole rings is 1. The topological polar surface area (TPSA) is 96.5 Å². The predicted octanol–water partition coefficient (Wildman–Crippen LogP) is 3.23. The van der Waals surface area contributed by atoms with Gasteiger partial charge in [0.15, 0.2) is 16.7 Å². The van der Waals surface area contributed by atoms with Crippen LogP contribution in [0.2, 0.25) is 0 Å². The highest BCUT2D eigenvalue weighted by atomic mass is 32.1. The van der Waals surface area contributed by atoms with Crippen molar-refractivity contribution in [3.05, 3.63) is 28.9 Å². The number of rotatable bonds is 8. The highest BCUT2D eigenvalue weighted by Crippen LogP contribution is 2.24. The molecule has 2 aromatic rings. The zero-order valence-electron chi connectivity index (χ0n) is 17.7. The van der Waals surface area contributed by atoms with Gasteiger partial charge in [-0.05, 0) is 51.8 Å². The fraction of sp³-hybridized carbons (Fsp3) is 0.524. The molecule has 1 saturated heterocycles. The summed E-state index contributed by atoms with van der Waals surface area (Å²) in [6.45, 7) is 8.08. The van der Waals surface area contributed by atoms with Crippen LogP contribution in [0, 0.1) is 19.8 Å². The molecule has 30 heavy (non-hydrogen) atoms. The van der Waals surface area contributed by atoms with E-state index in [1.54, 1.807) is 18.3 Å².